The van der Waals surface area contributed by atoms with Crippen LogP contribution in [0.5, 0.6) is 0 Å². The Morgan fingerprint density at radius 1 is 1.21 bits per heavy atom. The molecule has 1 radical (unpaired) electrons. The summed E-state index contributed by atoms with van der Waals surface area (Å²) in [6, 6.07) is -0.498. The van der Waals surface area contributed by atoms with Crippen molar-refractivity contribution >= 4 is 11.9 Å². The summed E-state index contributed by atoms with van der Waals surface area (Å²) in [5.74, 6) is -0.317. The largest absolute Gasteiger partial charge is 1.00 e. The Labute approximate surface area is 159 Å². The van der Waals surface area contributed by atoms with Gasteiger partial charge in [-0.15, -0.1) is 13.1 Å². The van der Waals surface area contributed by atoms with Gasteiger partial charge in [0.2, 0.25) is 0 Å². The van der Waals surface area contributed by atoms with Crippen LogP contribution >= 0.6 is 0 Å². The van der Waals surface area contributed by atoms with Crippen LogP contribution in [-0.4, -0.2) is 30.6 Å². The van der Waals surface area contributed by atoms with E-state index in [1.54, 1.807) is 0 Å². The van der Waals surface area contributed by atoms with Gasteiger partial charge < -0.3 is 16.0 Å². The van der Waals surface area contributed by atoms with Gasteiger partial charge in [-0.2, -0.15) is 0 Å². The van der Waals surface area contributed by atoms with Gasteiger partial charge in [-0.05, 0) is 0 Å². The molecule has 0 aliphatic carbocycles. The van der Waals surface area contributed by atoms with Gasteiger partial charge in [-0.3, -0.25) is 9.59 Å². The Bertz CT molecular complexity index is 243. The molecule has 1 spiro atoms. The fourth-order valence-electron chi connectivity index (χ4n) is 1.60. The number of amides is 3. The average Bonchev–Trinajstić information content (AvgIpc) is 2.29. The van der Waals surface area contributed by atoms with E-state index in [0.717, 1.165) is 0 Å². The van der Waals surface area contributed by atoms with E-state index in [1.165, 1.54) is 0 Å². The first-order chi connectivity index (χ1) is 5.73. The minimum absolute atomic E-state index is 0. The number of hydrogen-bond donors (Lipinski definition) is 1. The molecule has 2 fully saturated rings. The third-order valence-corrected chi connectivity index (χ3v) is 2.35. The fourth-order valence-corrected chi connectivity index (χ4v) is 1.60. The molecule has 0 saturated carbocycles. The Hall–Kier alpha value is 1.90. The second-order valence-electron chi connectivity index (χ2n) is 3.10. The number of urea groups is 1. The summed E-state index contributed by atoms with van der Waals surface area (Å²) < 4.78 is 0. The molecule has 14 heavy (non-hydrogen) atoms. The average molecular weight is 392 g/mol. The standard InChI is InChI=1S/C7H10N3O2.La.Rb/c11-5-7(10-6(12)9-5)1-3-8-4-2-7;;/h1-4H2,(H2,9,10,11,12);;/q-1;;+1/p-1. The first kappa shape index (κ1) is 15.9. The normalized spacial score (nSPS) is 23.1. The molecule has 2 aliphatic rings. The van der Waals surface area contributed by atoms with Gasteiger partial charge in [0.1, 0.15) is 0 Å². The molecule has 2 aliphatic heterocycles. The molecular weight excluding hydrogens is 382 g/mol. The molecule has 0 aromatic carbocycles. The van der Waals surface area contributed by atoms with Crippen LogP contribution in [-0.2, 0) is 4.79 Å². The first-order valence-corrected chi connectivity index (χ1v) is 3.95. The van der Waals surface area contributed by atoms with Crippen molar-refractivity contribution in [2.45, 2.75) is 18.4 Å². The van der Waals surface area contributed by atoms with Crippen LogP contribution in [0.1, 0.15) is 12.8 Å². The molecule has 3 amide bonds. The van der Waals surface area contributed by atoms with Crippen molar-refractivity contribution < 1.29 is 103 Å². The third kappa shape index (κ3) is 3.20. The quantitative estimate of drug-likeness (QED) is 0.465. The van der Waals surface area contributed by atoms with Gasteiger partial charge in [0.15, 0.2) is 11.9 Å². The number of hydrogen-bond acceptors (Lipinski definition) is 2. The molecule has 0 atom stereocenters. The smallest absolute Gasteiger partial charge is 0.662 e. The van der Waals surface area contributed by atoms with E-state index >= 15 is 0 Å². The molecule has 0 bridgehead atoms. The zero-order valence-corrected chi connectivity index (χ0v) is 16.7. The zero-order valence-electron chi connectivity index (χ0n) is 8.12. The molecule has 2 saturated heterocycles. The molecule has 2 rings (SSSR count). The summed E-state index contributed by atoms with van der Waals surface area (Å²) in [4.78, 5) is 22.1. The molecule has 5 nitrogen and oxygen atoms in total. The van der Waals surface area contributed by atoms with Crippen LogP contribution in [0.15, 0.2) is 0 Å². The third-order valence-electron chi connectivity index (χ3n) is 2.35. The Balaban J connectivity index is 0.000000845. The van der Waals surface area contributed by atoms with E-state index in [-0.39, 0.29) is 99.7 Å². The van der Waals surface area contributed by atoms with Crippen molar-refractivity contribution in [3.63, 3.8) is 0 Å². The van der Waals surface area contributed by atoms with Gasteiger partial charge in [0, 0.05) is 41.1 Å². The summed E-state index contributed by atoms with van der Waals surface area (Å²) >= 11 is 0. The summed E-state index contributed by atoms with van der Waals surface area (Å²) in [6.07, 6.45) is 1.20. The van der Waals surface area contributed by atoms with E-state index in [4.69, 9.17) is 0 Å². The molecule has 7 heteroatoms. The summed E-state index contributed by atoms with van der Waals surface area (Å²) in [5, 5.41) is 10.0. The molecule has 0 unspecified atom stereocenters. The monoisotopic (exact) mass is 391 g/mol. The van der Waals surface area contributed by atoms with Crippen molar-refractivity contribution in [1.82, 2.24) is 5.32 Å². The minimum atomic E-state index is -0.696. The number of nitrogens with zero attached hydrogens (tertiary/aromatic N) is 2. The first-order valence-electron chi connectivity index (χ1n) is 3.95. The molecule has 69 valence electrons. The van der Waals surface area contributed by atoms with E-state index < -0.39 is 11.6 Å². The number of rotatable bonds is 0. The van der Waals surface area contributed by atoms with Crippen LogP contribution in [0.4, 0.5) is 4.79 Å². The maximum absolute atomic E-state index is 11.3. The molecule has 1 N–H and O–H groups in total. The number of imide groups is 1. The fraction of sp³-hybridized carbons (Fsp3) is 0.714. The van der Waals surface area contributed by atoms with Gasteiger partial charge in [-0.1, -0.05) is 12.8 Å². The molecule has 0 aromatic rings. The van der Waals surface area contributed by atoms with Crippen LogP contribution < -0.4 is 63.5 Å². The van der Waals surface area contributed by atoms with Crippen LogP contribution in [0, 0.1) is 35.6 Å². The maximum atomic E-state index is 11.3. The summed E-state index contributed by atoms with van der Waals surface area (Å²) in [5.41, 5.74) is -0.696. The number of carbonyl (C=O) groups is 2. The topological polar surface area (TPSA) is 74.4 Å². The van der Waals surface area contributed by atoms with Gasteiger partial charge in [-0.25, -0.2) is 0 Å². The zero-order chi connectivity index (χ0) is 8.60. The van der Waals surface area contributed by atoms with Crippen molar-refractivity contribution in [2.75, 3.05) is 13.1 Å². The number of nitrogens with one attached hydrogen (secondary N) is 1. The predicted octanol–water partition coefficient (Wildman–Crippen LogP) is -2.48. The second kappa shape index (κ2) is 6.59. The SMILES string of the molecule is O=C1[N-]C(=O)C2(CC[N-]CC2)N1.[La].[Rb+]. The van der Waals surface area contributed by atoms with Gasteiger partial charge in [0.25, 0.3) is 0 Å². The van der Waals surface area contributed by atoms with E-state index in [1.807, 2.05) is 0 Å². The Morgan fingerprint density at radius 2 is 1.79 bits per heavy atom. The molecular formula is C7H9LaN3O2Rb-. The van der Waals surface area contributed by atoms with E-state index in [9.17, 15) is 9.59 Å². The molecule has 2 heterocycles. The van der Waals surface area contributed by atoms with E-state index in [2.05, 4.69) is 16.0 Å². The maximum Gasteiger partial charge on any atom is 1.00 e. The van der Waals surface area contributed by atoms with Crippen LogP contribution in [0.2, 0.25) is 0 Å². The van der Waals surface area contributed by atoms with Gasteiger partial charge >= 0.3 is 58.2 Å². The summed E-state index contributed by atoms with van der Waals surface area (Å²) in [7, 11) is 0. The summed E-state index contributed by atoms with van der Waals surface area (Å²) in [6.45, 7) is 1.28. The second-order valence-corrected chi connectivity index (χ2v) is 3.10. The molecule has 0 aromatic heterocycles. The van der Waals surface area contributed by atoms with E-state index in [0.29, 0.717) is 25.9 Å². The number of carbonyl (C=O) groups excluding carboxylic acids is 2. The Morgan fingerprint density at radius 3 is 2.21 bits per heavy atom. The van der Waals surface area contributed by atoms with Crippen molar-refractivity contribution in [3.8, 4) is 0 Å². The van der Waals surface area contributed by atoms with Gasteiger partial charge in [0.05, 0.1) is 0 Å². The van der Waals surface area contributed by atoms with Crippen LogP contribution in [0.3, 0.4) is 0 Å². The van der Waals surface area contributed by atoms with Crippen molar-refractivity contribution in [2.24, 2.45) is 0 Å². The van der Waals surface area contributed by atoms with Crippen molar-refractivity contribution in [3.05, 3.63) is 10.6 Å². The minimum Gasteiger partial charge on any atom is -0.662 e. The Kier molecular flexibility index (Phi) is 7.49. The predicted molar refractivity (Wildman–Crippen MR) is 42.0 cm³/mol. The number of piperidine rings is 1. The van der Waals surface area contributed by atoms with Crippen LogP contribution in [0.25, 0.3) is 10.6 Å². The van der Waals surface area contributed by atoms with Crippen molar-refractivity contribution in [1.29, 1.82) is 0 Å².